The van der Waals surface area contributed by atoms with E-state index in [1.807, 2.05) is 30.3 Å². The van der Waals surface area contributed by atoms with E-state index in [-0.39, 0.29) is 41.7 Å². The van der Waals surface area contributed by atoms with Crippen LogP contribution in [-0.4, -0.2) is 55.5 Å². The summed E-state index contributed by atoms with van der Waals surface area (Å²) in [6.45, 7) is 3.80. The minimum Gasteiger partial charge on any atom is -0.481 e. The van der Waals surface area contributed by atoms with Gasteiger partial charge in [-0.1, -0.05) is 44.2 Å². The Labute approximate surface area is 236 Å². The molecule has 4 N–H and O–H groups in total. The van der Waals surface area contributed by atoms with Gasteiger partial charge in [0.05, 0.1) is 23.9 Å². The highest BCUT2D eigenvalue weighted by atomic mass is 32.2. The Kier molecular flexibility index (Phi) is 10.3. The molecule has 0 saturated carbocycles. The first-order chi connectivity index (χ1) is 18.8. The topological polar surface area (TPSA) is 158 Å². The first kappa shape index (κ1) is 31.5. The smallest absolute Gasteiger partial charge is 0.319 e. The van der Waals surface area contributed by atoms with Crippen LogP contribution in [0.2, 0.25) is 0 Å². The number of para-hydroxylation sites is 1. The van der Waals surface area contributed by atoms with E-state index in [1.54, 1.807) is 38.3 Å². The van der Waals surface area contributed by atoms with Gasteiger partial charge in [0.25, 0.3) is 10.1 Å². The summed E-state index contributed by atoms with van der Waals surface area (Å²) < 4.78 is 68.8. The number of carboxylic acid groups (broad SMARTS) is 1. The van der Waals surface area contributed by atoms with Crippen LogP contribution in [0.15, 0.2) is 77.9 Å². The van der Waals surface area contributed by atoms with Crippen molar-refractivity contribution in [2.75, 3.05) is 18.4 Å². The fraction of sp³-hybridized carbons (Fsp3) is 0.393. The molecule has 0 spiro atoms. The van der Waals surface area contributed by atoms with Gasteiger partial charge in [0.1, 0.15) is 5.69 Å². The van der Waals surface area contributed by atoms with Crippen molar-refractivity contribution in [3.8, 4) is 0 Å². The third-order valence-corrected chi connectivity index (χ3v) is 9.62. The van der Waals surface area contributed by atoms with Crippen LogP contribution in [0.1, 0.15) is 38.7 Å². The standard InChI is InChI=1S/C28H36N2O8S2/c1-3-10-27(40(36,37)38)30(18-16-21-19-24(39(33,34)35)14-15-26(21)30)20-22(25(4-2)28(31)32)11-8-9-17-29-23-12-6-5-7-13-23/h5-9,11-15,17,19,22,25,27,29H,3-4,10,16,18,20H2,1-2H3,(H2-,31,32,33,34,35,36,37,38)/p+1. The molecule has 0 fully saturated rings. The van der Waals surface area contributed by atoms with E-state index >= 15 is 0 Å². The summed E-state index contributed by atoms with van der Waals surface area (Å²) in [5.41, 5.74) is 1.89. The van der Waals surface area contributed by atoms with Gasteiger partial charge in [-0.25, -0.2) is 0 Å². The number of hydrogen-bond donors (Lipinski definition) is 4. The third-order valence-electron chi connectivity index (χ3n) is 7.44. The molecule has 40 heavy (non-hydrogen) atoms. The predicted octanol–water partition coefficient (Wildman–Crippen LogP) is 4.72. The molecule has 10 nitrogen and oxygen atoms in total. The number of carboxylic acids is 1. The van der Waals surface area contributed by atoms with E-state index in [1.165, 1.54) is 18.2 Å². The van der Waals surface area contributed by atoms with Crippen molar-refractivity contribution >= 4 is 37.6 Å². The van der Waals surface area contributed by atoms with E-state index in [0.717, 1.165) is 5.69 Å². The van der Waals surface area contributed by atoms with Gasteiger partial charge >= 0.3 is 16.1 Å². The zero-order chi connectivity index (χ0) is 29.6. The summed E-state index contributed by atoms with van der Waals surface area (Å²) >= 11 is 0. The molecule has 1 heterocycles. The van der Waals surface area contributed by atoms with Crippen molar-refractivity contribution in [2.24, 2.45) is 11.8 Å². The predicted molar refractivity (Wildman–Crippen MR) is 155 cm³/mol. The number of hydrogen-bond acceptors (Lipinski definition) is 6. The summed E-state index contributed by atoms with van der Waals surface area (Å²) in [6, 6.07) is 13.4. The highest BCUT2D eigenvalue weighted by Gasteiger charge is 2.52. The number of nitrogens with zero attached hydrogens (tertiary/aromatic N) is 1. The third kappa shape index (κ3) is 7.38. The molecule has 2 aromatic carbocycles. The second kappa shape index (κ2) is 13.1. The van der Waals surface area contributed by atoms with Crippen LogP contribution in [0.4, 0.5) is 11.4 Å². The molecule has 0 aliphatic carbocycles. The van der Waals surface area contributed by atoms with Crippen molar-refractivity contribution in [3.05, 3.63) is 78.5 Å². The summed E-state index contributed by atoms with van der Waals surface area (Å²) in [5.74, 6) is -2.49. The molecule has 1 aliphatic heterocycles. The van der Waals surface area contributed by atoms with Gasteiger partial charge in [-0.3, -0.25) is 18.4 Å². The van der Waals surface area contributed by atoms with E-state index in [4.69, 9.17) is 0 Å². The lowest BCUT2D eigenvalue weighted by Crippen LogP contribution is -2.61. The maximum Gasteiger partial charge on any atom is 0.319 e. The Morgan fingerprint density at radius 1 is 1.05 bits per heavy atom. The fourth-order valence-electron chi connectivity index (χ4n) is 5.60. The van der Waals surface area contributed by atoms with Gasteiger partial charge in [0, 0.05) is 42.3 Å². The Morgan fingerprint density at radius 2 is 1.75 bits per heavy atom. The molecule has 4 unspecified atom stereocenters. The van der Waals surface area contributed by atoms with Crippen LogP contribution in [0.25, 0.3) is 0 Å². The maximum absolute atomic E-state index is 12.8. The molecule has 3 rings (SSSR count). The lowest BCUT2D eigenvalue weighted by Gasteiger charge is -2.42. The van der Waals surface area contributed by atoms with E-state index in [9.17, 15) is 35.8 Å². The van der Waals surface area contributed by atoms with Crippen LogP contribution in [0.5, 0.6) is 0 Å². The second-order valence-corrected chi connectivity index (χ2v) is 13.0. The van der Waals surface area contributed by atoms with Crippen molar-refractivity contribution in [1.29, 1.82) is 0 Å². The zero-order valence-electron chi connectivity index (χ0n) is 22.5. The average Bonchev–Trinajstić information content (AvgIpc) is 3.24. The molecule has 0 bridgehead atoms. The second-order valence-electron chi connectivity index (χ2n) is 9.99. The molecule has 12 heteroatoms. The molecule has 0 amide bonds. The molecular weight excluding hydrogens is 556 g/mol. The van der Waals surface area contributed by atoms with Crippen LogP contribution in [0.3, 0.4) is 0 Å². The average molecular weight is 594 g/mol. The lowest BCUT2D eigenvalue weighted by atomic mass is 9.88. The SMILES string of the molecule is CCCC([N+]1(CC(C=CC=CNc2ccccc2)C(CC)C(=O)O)CCc2cc(S(=O)(=O)O)ccc21)S(=O)(=O)O. The van der Waals surface area contributed by atoms with Crippen LogP contribution >= 0.6 is 0 Å². The summed E-state index contributed by atoms with van der Waals surface area (Å²) in [6.07, 6.45) is 8.00. The summed E-state index contributed by atoms with van der Waals surface area (Å²) in [5, 5.41) is 11.9. The Balaban J connectivity index is 2.08. The van der Waals surface area contributed by atoms with E-state index in [2.05, 4.69) is 5.32 Å². The van der Waals surface area contributed by atoms with Crippen LogP contribution in [-0.2, 0) is 31.5 Å². The Morgan fingerprint density at radius 3 is 2.33 bits per heavy atom. The highest BCUT2D eigenvalue weighted by molar-refractivity contribution is 7.86. The Bertz CT molecular complexity index is 1460. The minimum absolute atomic E-state index is 0.0456. The zero-order valence-corrected chi connectivity index (χ0v) is 24.2. The number of fused-ring (bicyclic) bond motifs is 1. The number of allylic oxidation sites excluding steroid dienone is 2. The van der Waals surface area contributed by atoms with Crippen LogP contribution in [0, 0.1) is 11.8 Å². The van der Waals surface area contributed by atoms with Crippen molar-refractivity contribution in [2.45, 2.75) is 49.8 Å². The van der Waals surface area contributed by atoms with Crippen molar-refractivity contribution in [1.82, 2.24) is 4.48 Å². The molecule has 1 aliphatic rings. The van der Waals surface area contributed by atoms with E-state index in [0.29, 0.717) is 17.7 Å². The van der Waals surface area contributed by atoms with Crippen molar-refractivity contribution < 1.29 is 35.8 Å². The Hall–Kier alpha value is -3.03. The molecule has 4 atom stereocenters. The van der Waals surface area contributed by atoms with Gasteiger partial charge in [-0.15, -0.1) is 0 Å². The van der Waals surface area contributed by atoms with Crippen LogP contribution < -0.4 is 9.80 Å². The monoisotopic (exact) mass is 593 g/mol. The number of benzene rings is 2. The minimum atomic E-state index is -4.60. The first-order valence-corrected chi connectivity index (χ1v) is 16.1. The number of carbonyl (C=O) groups is 1. The normalized spacial score (nSPS) is 19.9. The van der Waals surface area contributed by atoms with Crippen molar-refractivity contribution in [3.63, 3.8) is 0 Å². The maximum atomic E-state index is 12.8. The number of aliphatic carboxylic acids is 1. The van der Waals surface area contributed by atoms with Gasteiger partial charge < -0.3 is 10.4 Å². The molecule has 0 aromatic heterocycles. The number of anilines is 1. The fourth-order valence-corrected chi connectivity index (χ4v) is 7.48. The molecule has 0 radical (unpaired) electrons. The lowest BCUT2D eigenvalue weighted by molar-refractivity contribution is -0.143. The van der Waals surface area contributed by atoms with Gasteiger partial charge in [0.15, 0.2) is 0 Å². The number of rotatable bonds is 14. The first-order valence-electron chi connectivity index (χ1n) is 13.1. The number of quaternary nitrogens is 1. The number of nitrogens with one attached hydrogen (secondary N) is 1. The molecule has 218 valence electrons. The largest absolute Gasteiger partial charge is 0.481 e. The molecular formula is C28H37N2O8S2+. The highest BCUT2D eigenvalue weighted by Crippen LogP contribution is 2.43. The van der Waals surface area contributed by atoms with Gasteiger partial charge in [-0.05, 0) is 43.2 Å². The quantitative estimate of drug-likeness (QED) is 0.138. The van der Waals surface area contributed by atoms with Gasteiger partial charge in [0.2, 0.25) is 5.37 Å². The molecule has 0 saturated heterocycles. The molecule has 2 aromatic rings. The van der Waals surface area contributed by atoms with Gasteiger partial charge in [-0.2, -0.15) is 16.8 Å². The van der Waals surface area contributed by atoms with E-state index < -0.39 is 43.4 Å². The summed E-state index contributed by atoms with van der Waals surface area (Å²) in [7, 11) is -9.09. The summed E-state index contributed by atoms with van der Waals surface area (Å²) in [4.78, 5) is 12.0.